The van der Waals surface area contributed by atoms with Gasteiger partial charge in [-0.1, -0.05) is 44.4 Å². The molecular weight excluding hydrogens is 236 g/mol. The van der Waals surface area contributed by atoms with E-state index in [1.807, 2.05) is 0 Å². The summed E-state index contributed by atoms with van der Waals surface area (Å²) < 4.78 is 11.2. The molecule has 1 aliphatic carbocycles. The molecule has 0 spiro atoms. The Morgan fingerprint density at radius 1 is 1.05 bits per heavy atom. The zero-order valence-corrected chi connectivity index (χ0v) is 12.0. The van der Waals surface area contributed by atoms with Crippen LogP contribution in [0.4, 0.5) is 0 Å². The minimum atomic E-state index is -0.141. The van der Waals surface area contributed by atoms with Gasteiger partial charge in [-0.05, 0) is 36.3 Å². The molecule has 3 rings (SSSR count). The molecule has 1 heterocycles. The highest BCUT2D eigenvalue weighted by Gasteiger charge is 2.25. The second-order valence-electron chi connectivity index (χ2n) is 6.06. The Labute approximate surface area is 116 Å². The average molecular weight is 260 g/mol. The summed E-state index contributed by atoms with van der Waals surface area (Å²) in [5.74, 6) is 1.56. The Morgan fingerprint density at radius 3 is 2.47 bits per heavy atom. The summed E-state index contributed by atoms with van der Waals surface area (Å²) in [6.07, 6.45) is 5.36. The van der Waals surface area contributed by atoms with Crippen LogP contribution in [0.2, 0.25) is 0 Å². The number of hydrogen-bond donors (Lipinski definition) is 0. The van der Waals surface area contributed by atoms with Crippen molar-refractivity contribution in [2.24, 2.45) is 5.92 Å². The van der Waals surface area contributed by atoms with Crippen molar-refractivity contribution in [3.8, 4) is 0 Å². The third kappa shape index (κ3) is 2.70. The van der Waals surface area contributed by atoms with Gasteiger partial charge in [0, 0.05) is 5.56 Å². The third-order valence-corrected chi connectivity index (χ3v) is 4.71. The quantitative estimate of drug-likeness (QED) is 0.787. The van der Waals surface area contributed by atoms with Gasteiger partial charge in [-0.2, -0.15) is 0 Å². The van der Waals surface area contributed by atoms with E-state index in [1.165, 1.54) is 42.4 Å². The van der Waals surface area contributed by atoms with Crippen LogP contribution in [0, 0.1) is 12.8 Å². The second-order valence-corrected chi connectivity index (χ2v) is 6.06. The highest BCUT2D eigenvalue weighted by Crippen LogP contribution is 2.38. The lowest BCUT2D eigenvalue weighted by atomic mass is 9.76. The lowest BCUT2D eigenvalue weighted by Crippen LogP contribution is -2.15. The van der Waals surface area contributed by atoms with Crippen molar-refractivity contribution in [2.45, 2.75) is 51.7 Å². The molecule has 0 amide bonds. The summed E-state index contributed by atoms with van der Waals surface area (Å²) in [6.45, 7) is 6.00. The molecule has 1 aromatic rings. The first-order valence-electron chi connectivity index (χ1n) is 7.59. The van der Waals surface area contributed by atoms with Crippen LogP contribution < -0.4 is 0 Å². The summed E-state index contributed by atoms with van der Waals surface area (Å²) in [5.41, 5.74) is 4.01. The molecule has 1 aliphatic heterocycles. The Kier molecular flexibility index (Phi) is 3.90. The molecule has 0 radical (unpaired) electrons. The van der Waals surface area contributed by atoms with Crippen LogP contribution in [0.25, 0.3) is 0 Å². The maximum atomic E-state index is 5.60. The van der Waals surface area contributed by atoms with Crippen molar-refractivity contribution in [2.75, 3.05) is 13.2 Å². The molecule has 2 fully saturated rings. The zero-order chi connectivity index (χ0) is 13.2. The van der Waals surface area contributed by atoms with E-state index in [2.05, 4.69) is 32.0 Å². The number of benzene rings is 1. The van der Waals surface area contributed by atoms with Gasteiger partial charge < -0.3 is 9.47 Å². The molecule has 2 heteroatoms. The maximum absolute atomic E-state index is 5.60. The van der Waals surface area contributed by atoms with Gasteiger partial charge in [-0.25, -0.2) is 0 Å². The van der Waals surface area contributed by atoms with Crippen molar-refractivity contribution in [1.29, 1.82) is 0 Å². The number of ether oxygens (including phenoxy) is 2. The minimum Gasteiger partial charge on any atom is -0.346 e. The number of rotatable bonds is 2. The van der Waals surface area contributed by atoms with E-state index in [1.54, 1.807) is 0 Å². The summed E-state index contributed by atoms with van der Waals surface area (Å²) >= 11 is 0. The van der Waals surface area contributed by atoms with Crippen LogP contribution in [-0.4, -0.2) is 13.2 Å². The molecule has 0 N–H and O–H groups in total. The lowest BCUT2D eigenvalue weighted by Gasteiger charge is -2.29. The third-order valence-electron chi connectivity index (χ3n) is 4.71. The normalized spacial score (nSPS) is 28.7. The van der Waals surface area contributed by atoms with E-state index in [4.69, 9.17) is 9.47 Å². The Bertz CT molecular complexity index is 435. The second kappa shape index (κ2) is 5.64. The van der Waals surface area contributed by atoms with Crippen LogP contribution in [0.5, 0.6) is 0 Å². The van der Waals surface area contributed by atoms with Gasteiger partial charge in [-0.15, -0.1) is 0 Å². The molecule has 1 saturated heterocycles. The van der Waals surface area contributed by atoms with Crippen molar-refractivity contribution >= 4 is 0 Å². The molecule has 104 valence electrons. The maximum Gasteiger partial charge on any atom is 0.184 e. The topological polar surface area (TPSA) is 18.5 Å². The fourth-order valence-corrected chi connectivity index (χ4v) is 3.54. The van der Waals surface area contributed by atoms with Crippen LogP contribution in [0.3, 0.4) is 0 Å². The summed E-state index contributed by atoms with van der Waals surface area (Å²) in [4.78, 5) is 0. The SMILES string of the molecule is Cc1cc(C2CCCCC2C)ccc1C1OCCO1. The van der Waals surface area contributed by atoms with Gasteiger partial charge in [0.2, 0.25) is 0 Å². The summed E-state index contributed by atoms with van der Waals surface area (Å²) in [7, 11) is 0. The molecule has 0 bridgehead atoms. The number of hydrogen-bond acceptors (Lipinski definition) is 2. The average Bonchev–Trinajstić information content (AvgIpc) is 2.93. The van der Waals surface area contributed by atoms with Gasteiger partial charge in [0.15, 0.2) is 6.29 Å². The van der Waals surface area contributed by atoms with Crippen LogP contribution >= 0.6 is 0 Å². The molecule has 2 atom stereocenters. The monoisotopic (exact) mass is 260 g/mol. The highest BCUT2D eigenvalue weighted by atomic mass is 16.7. The molecule has 19 heavy (non-hydrogen) atoms. The van der Waals surface area contributed by atoms with Gasteiger partial charge in [0.05, 0.1) is 13.2 Å². The van der Waals surface area contributed by atoms with Crippen molar-refractivity contribution < 1.29 is 9.47 Å². The standard InChI is InChI=1S/C17H24O2/c1-12-5-3-4-6-15(12)14-7-8-16(13(2)11-14)17-18-9-10-19-17/h7-8,11-12,15,17H,3-6,9-10H2,1-2H3. The molecule has 2 nitrogen and oxygen atoms in total. The highest BCUT2D eigenvalue weighted by molar-refractivity contribution is 5.34. The zero-order valence-electron chi connectivity index (χ0n) is 12.0. The van der Waals surface area contributed by atoms with E-state index < -0.39 is 0 Å². The van der Waals surface area contributed by atoms with E-state index >= 15 is 0 Å². The predicted molar refractivity (Wildman–Crippen MR) is 76.2 cm³/mol. The molecule has 1 aromatic carbocycles. The van der Waals surface area contributed by atoms with Gasteiger partial charge in [0.25, 0.3) is 0 Å². The van der Waals surface area contributed by atoms with Crippen molar-refractivity contribution in [3.05, 3.63) is 34.9 Å². The molecule has 0 aromatic heterocycles. The first-order valence-corrected chi connectivity index (χ1v) is 7.59. The first-order chi connectivity index (χ1) is 9.25. The Morgan fingerprint density at radius 2 is 1.79 bits per heavy atom. The first kappa shape index (κ1) is 13.1. The lowest BCUT2D eigenvalue weighted by molar-refractivity contribution is -0.0445. The van der Waals surface area contributed by atoms with Crippen molar-refractivity contribution in [1.82, 2.24) is 0 Å². The van der Waals surface area contributed by atoms with Crippen LogP contribution in [0.1, 0.15) is 61.5 Å². The fourth-order valence-electron chi connectivity index (χ4n) is 3.54. The Hall–Kier alpha value is -0.860. The summed E-state index contributed by atoms with van der Waals surface area (Å²) in [5, 5.41) is 0. The smallest absolute Gasteiger partial charge is 0.184 e. The van der Waals surface area contributed by atoms with E-state index in [9.17, 15) is 0 Å². The minimum absolute atomic E-state index is 0.141. The number of aryl methyl sites for hydroxylation is 1. The van der Waals surface area contributed by atoms with Gasteiger partial charge >= 0.3 is 0 Å². The summed E-state index contributed by atoms with van der Waals surface area (Å²) in [6, 6.07) is 6.86. The fraction of sp³-hybridized carbons (Fsp3) is 0.647. The van der Waals surface area contributed by atoms with Crippen LogP contribution in [0.15, 0.2) is 18.2 Å². The van der Waals surface area contributed by atoms with Crippen molar-refractivity contribution in [3.63, 3.8) is 0 Å². The van der Waals surface area contributed by atoms with E-state index in [0.29, 0.717) is 13.2 Å². The Balaban J connectivity index is 1.82. The molecule has 1 saturated carbocycles. The van der Waals surface area contributed by atoms with Gasteiger partial charge in [-0.3, -0.25) is 0 Å². The van der Waals surface area contributed by atoms with E-state index in [0.717, 1.165) is 11.8 Å². The molecule has 2 unspecified atom stereocenters. The largest absolute Gasteiger partial charge is 0.346 e. The molecular formula is C17H24O2. The van der Waals surface area contributed by atoms with Crippen LogP contribution in [-0.2, 0) is 9.47 Å². The van der Waals surface area contributed by atoms with Gasteiger partial charge in [0.1, 0.15) is 0 Å². The molecule has 2 aliphatic rings. The van der Waals surface area contributed by atoms with E-state index in [-0.39, 0.29) is 6.29 Å². The predicted octanol–water partition coefficient (Wildman–Crippen LogP) is 4.33.